The highest BCUT2D eigenvalue weighted by molar-refractivity contribution is 6.31. The first-order valence-electron chi connectivity index (χ1n) is 6.99. The van der Waals surface area contributed by atoms with E-state index in [9.17, 15) is 0 Å². The summed E-state index contributed by atoms with van der Waals surface area (Å²) in [5, 5.41) is 5.17. The topological polar surface area (TPSA) is 53.1 Å². The van der Waals surface area contributed by atoms with Gasteiger partial charge in [0.1, 0.15) is 0 Å². The number of aromatic nitrogens is 2. The zero-order chi connectivity index (χ0) is 14.6. The molecule has 5 heteroatoms. The molecule has 0 spiro atoms. The molecule has 2 atom stereocenters. The lowest BCUT2D eigenvalue weighted by Crippen LogP contribution is -2.49. The van der Waals surface area contributed by atoms with Crippen molar-refractivity contribution in [1.82, 2.24) is 9.78 Å². The minimum absolute atomic E-state index is 0.102. The molecule has 2 unspecified atom stereocenters. The van der Waals surface area contributed by atoms with Gasteiger partial charge in [0.2, 0.25) is 0 Å². The zero-order valence-corrected chi connectivity index (χ0v) is 13.4. The van der Waals surface area contributed by atoms with Crippen LogP contribution < -0.4 is 5.73 Å². The maximum atomic E-state index is 6.36. The summed E-state index contributed by atoms with van der Waals surface area (Å²) in [4.78, 5) is 0. The van der Waals surface area contributed by atoms with Crippen molar-refractivity contribution in [3.8, 4) is 0 Å². The summed E-state index contributed by atoms with van der Waals surface area (Å²) in [7, 11) is 1.91. The Kier molecular flexibility index (Phi) is 5.83. The monoisotopic (exact) mass is 287 g/mol. The summed E-state index contributed by atoms with van der Waals surface area (Å²) in [6.07, 6.45) is 2.38. The number of ether oxygens (including phenoxy) is 1. The Balaban J connectivity index is 2.92. The van der Waals surface area contributed by atoms with Crippen LogP contribution in [0.3, 0.4) is 0 Å². The number of nitrogens with two attached hydrogens (primary N) is 1. The minimum Gasteiger partial charge on any atom is -0.374 e. The molecule has 0 aliphatic heterocycles. The smallest absolute Gasteiger partial charge is 0.0850 e. The maximum Gasteiger partial charge on any atom is 0.0850 e. The average Bonchev–Trinajstić information content (AvgIpc) is 2.66. The number of halogens is 1. The van der Waals surface area contributed by atoms with Crippen molar-refractivity contribution in [3.63, 3.8) is 0 Å². The van der Waals surface area contributed by atoms with E-state index in [1.54, 1.807) is 0 Å². The van der Waals surface area contributed by atoms with Gasteiger partial charge in [0.25, 0.3) is 0 Å². The van der Waals surface area contributed by atoms with Gasteiger partial charge in [0.15, 0.2) is 0 Å². The molecule has 0 aliphatic rings. The van der Waals surface area contributed by atoms with Crippen LogP contribution in [-0.2, 0) is 24.6 Å². The van der Waals surface area contributed by atoms with E-state index in [1.165, 1.54) is 0 Å². The maximum absolute atomic E-state index is 6.36. The summed E-state index contributed by atoms with van der Waals surface area (Å²) in [6.45, 7) is 8.86. The van der Waals surface area contributed by atoms with E-state index in [2.05, 4.69) is 18.9 Å². The molecule has 1 heterocycles. The minimum atomic E-state index is -0.325. The predicted octanol–water partition coefficient (Wildman–Crippen LogP) is 2.71. The Morgan fingerprint density at radius 1 is 1.42 bits per heavy atom. The van der Waals surface area contributed by atoms with Crippen molar-refractivity contribution >= 4 is 11.6 Å². The largest absolute Gasteiger partial charge is 0.374 e. The van der Waals surface area contributed by atoms with Gasteiger partial charge in [-0.3, -0.25) is 4.68 Å². The Hall–Kier alpha value is -0.580. The van der Waals surface area contributed by atoms with E-state index in [4.69, 9.17) is 22.1 Å². The van der Waals surface area contributed by atoms with Crippen LogP contribution in [0.1, 0.15) is 45.5 Å². The molecule has 1 rings (SSSR count). The van der Waals surface area contributed by atoms with Gasteiger partial charge < -0.3 is 10.5 Å². The van der Waals surface area contributed by atoms with E-state index >= 15 is 0 Å². The fourth-order valence-corrected chi connectivity index (χ4v) is 2.64. The first-order valence-corrected chi connectivity index (χ1v) is 7.37. The fourth-order valence-electron chi connectivity index (χ4n) is 2.27. The molecule has 0 fully saturated rings. The molecular formula is C14H26ClN3O. The van der Waals surface area contributed by atoms with Gasteiger partial charge in [0.05, 0.1) is 22.0 Å². The molecule has 0 saturated carbocycles. The van der Waals surface area contributed by atoms with Gasteiger partial charge >= 0.3 is 0 Å². The van der Waals surface area contributed by atoms with Gasteiger partial charge in [0, 0.05) is 26.1 Å². The summed E-state index contributed by atoms with van der Waals surface area (Å²) < 4.78 is 7.66. The lowest BCUT2D eigenvalue weighted by atomic mass is 9.90. The molecule has 1 aromatic heterocycles. The predicted molar refractivity (Wildman–Crippen MR) is 79.6 cm³/mol. The average molecular weight is 288 g/mol. The number of hydrogen-bond acceptors (Lipinski definition) is 3. The van der Waals surface area contributed by atoms with Gasteiger partial charge in [-0.2, -0.15) is 5.10 Å². The molecule has 0 aliphatic carbocycles. The molecule has 0 radical (unpaired) electrons. The van der Waals surface area contributed by atoms with E-state index in [1.807, 2.05) is 25.6 Å². The van der Waals surface area contributed by atoms with Gasteiger partial charge in [-0.15, -0.1) is 0 Å². The summed E-state index contributed by atoms with van der Waals surface area (Å²) in [6, 6.07) is -0.102. The van der Waals surface area contributed by atoms with Crippen LogP contribution in [0, 0.1) is 0 Å². The van der Waals surface area contributed by atoms with Crippen LogP contribution in [0.2, 0.25) is 5.02 Å². The van der Waals surface area contributed by atoms with Crippen LogP contribution >= 0.6 is 11.6 Å². The summed E-state index contributed by atoms with van der Waals surface area (Å²) in [5.41, 5.74) is 7.94. The molecule has 0 aromatic carbocycles. The molecular weight excluding hydrogens is 262 g/mol. The van der Waals surface area contributed by atoms with Crippen molar-refractivity contribution < 1.29 is 4.74 Å². The van der Waals surface area contributed by atoms with E-state index in [-0.39, 0.29) is 11.6 Å². The third kappa shape index (κ3) is 3.50. The molecule has 0 bridgehead atoms. The third-order valence-electron chi connectivity index (χ3n) is 3.88. The normalized spacial score (nSPS) is 16.4. The second-order valence-corrected chi connectivity index (χ2v) is 5.47. The van der Waals surface area contributed by atoms with Crippen LogP contribution in [-0.4, -0.2) is 28.0 Å². The standard InChI is InChI=1S/C14H26ClN3O/c1-6-10-13(15)11(18(5)17-10)9-12(16)14(4,7-2)19-8-3/h12H,6-9,16H2,1-5H3. The first kappa shape index (κ1) is 16.5. The first-order chi connectivity index (χ1) is 8.89. The Morgan fingerprint density at radius 2 is 2.05 bits per heavy atom. The number of hydrogen-bond donors (Lipinski definition) is 1. The van der Waals surface area contributed by atoms with Gasteiger partial charge in [-0.05, 0) is 26.7 Å². The van der Waals surface area contributed by atoms with Crippen LogP contribution in [0.15, 0.2) is 0 Å². The van der Waals surface area contributed by atoms with Crippen LogP contribution in [0.25, 0.3) is 0 Å². The Morgan fingerprint density at radius 3 is 2.47 bits per heavy atom. The quantitative estimate of drug-likeness (QED) is 0.839. The Bertz CT molecular complexity index is 419. The van der Waals surface area contributed by atoms with Crippen molar-refractivity contribution in [2.75, 3.05) is 6.61 Å². The molecule has 0 amide bonds. The lowest BCUT2D eigenvalue weighted by molar-refractivity contribution is -0.0464. The van der Waals surface area contributed by atoms with Gasteiger partial charge in [-0.25, -0.2) is 0 Å². The second-order valence-electron chi connectivity index (χ2n) is 5.09. The Labute approximate surface area is 121 Å². The van der Waals surface area contributed by atoms with Crippen molar-refractivity contribution in [3.05, 3.63) is 16.4 Å². The van der Waals surface area contributed by atoms with Crippen molar-refractivity contribution in [1.29, 1.82) is 0 Å². The number of aryl methyl sites for hydroxylation is 2. The molecule has 2 N–H and O–H groups in total. The molecule has 110 valence electrons. The number of nitrogens with zero attached hydrogens (tertiary/aromatic N) is 2. The SMILES string of the molecule is CCOC(C)(CC)C(N)Cc1c(Cl)c(CC)nn1C. The lowest BCUT2D eigenvalue weighted by Gasteiger charge is -2.34. The second kappa shape index (κ2) is 6.73. The molecule has 1 aromatic rings. The highest BCUT2D eigenvalue weighted by atomic mass is 35.5. The molecule has 4 nitrogen and oxygen atoms in total. The molecule has 19 heavy (non-hydrogen) atoms. The van der Waals surface area contributed by atoms with E-state index in [0.29, 0.717) is 13.0 Å². The van der Waals surface area contributed by atoms with Crippen LogP contribution in [0.5, 0.6) is 0 Å². The highest BCUT2D eigenvalue weighted by Gasteiger charge is 2.32. The van der Waals surface area contributed by atoms with Crippen molar-refractivity contribution in [2.24, 2.45) is 12.8 Å². The van der Waals surface area contributed by atoms with Crippen LogP contribution in [0.4, 0.5) is 0 Å². The fraction of sp³-hybridized carbons (Fsp3) is 0.786. The highest BCUT2D eigenvalue weighted by Crippen LogP contribution is 2.26. The molecule has 0 saturated heterocycles. The zero-order valence-electron chi connectivity index (χ0n) is 12.7. The van der Waals surface area contributed by atoms with E-state index < -0.39 is 0 Å². The van der Waals surface area contributed by atoms with E-state index in [0.717, 1.165) is 29.3 Å². The third-order valence-corrected chi connectivity index (χ3v) is 4.31. The number of rotatable bonds is 7. The summed E-state index contributed by atoms with van der Waals surface area (Å²) in [5.74, 6) is 0. The summed E-state index contributed by atoms with van der Waals surface area (Å²) >= 11 is 6.36. The van der Waals surface area contributed by atoms with Crippen molar-refractivity contribution in [2.45, 2.75) is 58.6 Å². The van der Waals surface area contributed by atoms with Gasteiger partial charge in [-0.1, -0.05) is 25.4 Å².